The highest BCUT2D eigenvalue weighted by Crippen LogP contribution is 2.34. The van der Waals surface area contributed by atoms with E-state index in [1.165, 1.54) is 16.8 Å². The van der Waals surface area contributed by atoms with Crippen molar-refractivity contribution >= 4 is 81.5 Å². The molecule has 4 aromatic rings. The molecule has 2 heterocycles. The number of azo groups is 1. The largest absolute Gasteiger partial charge is 0.324 e. The van der Waals surface area contributed by atoms with Crippen LogP contribution in [-0.4, -0.2) is 30.0 Å². The Morgan fingerprint density at radius 1 is 1.06 bits per heavy atom. The quantitative estimate of drug-likeness (QED) is 0.0865. The van der Waals surface area contributed by atoms with Crippen molar-refractivity contribution in [1.82, 2.24) is 24.7 Å². The van der Waals surface area contributed by atoms with E-state index in [4.69, 9.17) is 51.7 Å². The lowest BCUT2D eigenvalue weighted by atomic mass is 10.3. The molecular weight excluding hydrogens is 578 g/mol. The lowest BCUT2D eigenvalue weighted by Gasteiger charge is -2.08. The minimum absolute atomic E-state index is 0.0603. The summed E-state index contributed by atoms with van der Waals surface area (Å²) in [5.74, 6) is 0.147. The van der Waals surface area contributed by atoms with E-state index in [-0.39, 0.29) is 37.9 Å². The summed E-state index contributed by atoms with van der Waals surface area (Å²) in [6.07, 6.45) is 0. The molecule has 0 saturated carbocycles. The van der Waals surface area contributed by atoms with Crippen LogP contribution < -0.4 is 10.9 Å². The average molecular weight is 590 g/mol. The number of anilines is 2. The third kappa shape index (κ3) is 6.14. The number of aromatic nitrogens is 5. The topological polar surface area (TPSA) is 152 Å². The minimum Gasteiger partial charge on any atom is -0.324 e. The number of H-pyrrole nitrogens is 1. The predicted octanol–water partition coefficient (Wildman–Crippen LogP) is 6.86. The maximum Gasteiger partial charge on any atom is 0.299 e. The van der Waals surface area contributed by atoms with Crippen LogP contribution in [0.2, 0.25) is 20.6 Å². The Labute approximate surface area is 226 Å². The third-order valence-electron chi connectivity index (χ3n) is 4.39. The Bertz CT molecular complexity index is 1490. The first-order valence-corrected chi connectivity index (χ1v) is 11.8. The SMILES string of the molecule is Cc1[nH]n(-c2cc(Cl)c(SOOO)cc2Cl)c(=O)c1N=Nc1cccc(Nc2nc(Cl)nc(Cl)n2)c1. The molecular formula is C19H12Cl4N8O4S. The Morgan fingerprint density at radius 3 is 2.53 bits per heavy atom. The molecule has 0 aliphatic rings. The second-order valence-electron chi connectivity index (χ2n) is 6.76. The zero-order valence-electron chi connectivity index (χ0n) is 17.7. The summed E-state index contributed by atoms with van der Waals surface area (Å²) in [7, 11) is 0. The van der Waals surface area contributed by atoms with Crippen molar-refractivity contribution in [3.05, 3.63) is 73.1 Å². The fraction of sp³-hybridized carbons (Fsp3) is 0.0526. The molecule has 2 aromatic heterocycles. The van der Waals surface area contributed by atoms with Gasteiger partial charge in [-0.3, -0.25) is 9.89 Å². The maximum atomic E-state index is 13.0. The highest BCUT2D eigenvalue weighted by Gasteiger charge is 2.17. The number of aryl methyl sites for hydroxylation is 1. The Balaban J connectivity index is 1.59. The normalized spacial score (nSPS) is 11.4. The number of nitrogens with zero attached hydrogens (tertiary/aromatic N) is 6. The zero-order valence-corrected chi connectivity index (χ0v) is 21.6. The summed E-state index contributed by atoms with van der Waals surface area (Å²) in [5.41, 5.74) is 1.27. The van der Waals surface area contributed by atoms with E-state index in [9.17, 15) is 4.79 Å². The molecule has 0 aliphatic heterocycles. The molecule has 0 unspecified atom stereocenters. The van der Waals surface area contributed by atoms with Crippen LogP contribution in [0.4, 0.5) is 23.0 Å². The molecule has 0 bridgehead atoms. The van der Waals surface area contributed by atoms with Gasteiger partial charge < -0.3 is 5.32 Å². The summed E-state index contributed by atoms with van der Waals surface area (Å²) >= 11 is 24.8. The summed E-state index contributed by atoms with van der Waals surface area (Å²) < 4.78 is 5.56. The van der Waals surface area contributed by atoms with Gasteiger partial charge in [0.2, 0.25) is 16.5 Å². The number of nitrogens with one attached hydrogen (secondary N) is 2. The van der Waals surface area contributed by atoms with Crippen molar-refractivity contribution in [1.29, 1.82) is 0 Å². The molecule has 2 aromatic carbocycles. The number of halogens is 4. The first kappa shape index (κ1) is 26.3. The van der Waals surface area contributed by atoms with Crippen molar-refractivity contribution in [2.75, 3.05) is 5.32 Å². The van der Waals surface area contributed by atoms with Crippen LogP contribution in [0.3, 0.4) is 0 Å². The number of rotatable bonds is 8. The van der Waals surface area contributed by atoms with Crippen LogP contribution >= 0.6 is 58.4 Å². The van der Waals surface area contributed by atoms with Crippen LogP contribution in [0.5, 0.6) is 0 Å². The third-order valence-corrected chi connectivity index (χ3v) is 6.10. The van der Waals surface area contributed by atoms with Crippen LogP contribution in [0, 0.1) is 6.92 Å². The second kappa shape index (κ2) is 11.5. The molecule has 4 rings (SSSR count). The highest BCUT2D eigenvalue weighted by atomic mass is 35.5. The molecule has 0 spiro atoms. The van der Waals surface area contributed by atoms with Gasteiger partial charge in [0.1, 0.15) is 0 Å². The first-order valence-electron chi connectivity index (χ1n) is 9.57. The minimum atomic E-state index is -0.506. The fourth-order valence-corrected chi connectivity index (χ4v) is 4.23. The highest BCUT2D eigenvalue weighted by molar-refractivity contribution is 7.94. The molecule has 0 amide bonds. The fourth-order valence-electron chi connectivity index (χ4n) is 2.89. The number of benzene rings is 2. The lowest BCUT2D eigenvalue weighted by molar-refractivity contribution is -0.432. The molecule has 0 fully saturated rings. The van der Waals surface area contributed by atoms with Gasteiger partial charge in [-0.25, -0.2) is 9.94 Å². The van der Waals surface area contributed by atoms with E-state index in [0.717, 1.165) is 0 Å². The van der Waals surface area contributed by atoms with Crippen LogP contribution in [0.15, 0.2) is 56.3 Å². The van der Waals surface area contributed by atoms with E-state index in [1.807, 2.05) is 0 Å². The molecule has 0 atom stereocenters. The average Bonchev–Trinajstić information content (AvgIpc) is 3.10. The van der Waals surface area contributed by atoms with Crippen molar-refractivity contribution in [3.63, 3.8) is 0 Å². The van der Waals surface area contributed by atoms with Crippen LogP contribution in [0.1, 0.15) is 5.69 Å². The van der Waals surface area contributed by atoms with Crippen LogP contribution in [0.25, 0.3) is 5.69 Å². The van der Waals surface area contributed by atoms with E-state index in [2.05, 4.69) is 45.0 Å². The standard InChI is InChI=1S/C19H12Cl4N8O4S/c1-8-15(16(32)31(30-8)13-6-12(21)14(7-11(13)20)36-35-34-33)29-28-10-4-2-3-9(5-10)24-19-26-17(22)25-18(23)27-19/h2-7,30,33H,1H3,(H,24,25,26,27). The van der Waals surface area contributed by atoms with Gasteiger partial charge in [-0.15, -0.1) is 9.45 Å². The van der Waals surface area contributed by atoms with Gasteiger partial charge in [-0.2, -0.15) is 20.1 Å². The number of aromatic amines is 1. The van der Waals surface area contributed by atoms with E-state index in [0.29, 0.717) is 34.0 Å². The van der Waals surface area contributed by atoms with E-state index >= 15 is 0 Å². The first-order chi connectivity index (χ1) is 17.2. The van der Waals surface area contributed by atoms with Gasteiger partial charge in [-0.1, -0.05) is 34.3 Å². The summed E-state index contributed by atoms with van der Waals surface area (Å²) in [6.45, 7) is 1.66. The van der Waals surface area contributed by atoms with Crippen molar-refractivity contribution in [2.45, 2.75) is 11.8 Å². The van der Waals surface area contributed by atoms with Gasteiger partial charge in [-0.05, 0) is 60.5 Å². The Morgan fingerprint density at radius 2 is 1.81 bits per heavy atom. The zero-order chi connectivity index (χ0) is 25.8. The molecule has 17 heteroatoms. The summed E-state index contributed by atoms with van der Waals surface area (Å²) in [5, 5.41) is 26.2. The smallest absolute Gasteiger partial charge is 0.299 e. The molecule has 0 radical (unpaired) electrons. The molecule has 186 valence electrons. The van der Waals surface area contributed by atoms with Crippen molar-refractivity contribution in [2.24, 2.45) is 10.2 Å². The number of hydrogen-bond donors (Lipinski definition) is 3. The monoisotopic (exact) mass is 588 g/mol. The molecule has 0 saturated heterocycles. The number of hydrogen-bond acceptors (Lipinski definition) is 11. The second-order valence-corrected chi connectivity index (χ2v) is 8.99. The molecule has 12 nitrogen and oxygen atoms in total. The summed E-state index contributed by atoms with van der Waals surface area (Å²) in [6, 6.07) is 9.69. The predicted molar refractivity (Wildman–Crippen MR) is 136 cm³/mol. The van der Waals surface area contributed by atoms with Gasteiger partial charge in [0, 0.05) is 5.69 Å². The molecule has 0 aliphatic carbocycles. The maximum absolute atomic E-state index is 13.0. The van der Waals surface area contributed by atoms with Crippen LogP contribution in [-0.2, 0) is 9.37 Å². The molecule has 36 heavy (non-hydrogen) atoms. The van der Waals surface area contributed by atoms with E-state index < -0.39 is 5.56 Å². The van der Waals surface area contributed by atoms with Gasteiger partial charge >= 0.3 is 0 Å². The lowest BCUT2D eigenvalue weighted by Crippen LogP contribution is -2.14. The Hall–Kier alpha value is -2.75. The molecule has 3 N–H and O–H groups in total. The van der Waals surface area contributed by atoms with Gasteiger partial charge in [0.05, 0.1) is 44.1 Å². The Kier molecular flexibility index (Phi) is 8.43. The summed E-state index contributed by atoms with van der Waals surface area (Å²) in [4.78, 5) is 25.0. The van der Waals surface area contributed by atoms with Crippen molar-refractivity contribution in [3.8, 4) is 5.69 Å². The van der Waals surface area contributed by atoms with Gasteiger partial charge in [0.25, 0.3) is 5.56 Å². The van der Waals surface area contributed by atoms with Gasteiger partial charge in [0.15, 0.2) is 5.69 Å². The van der Waals surface area contributed by atoms with E-state index in [1.54, 1.807) is 31.2 Å². The van der Waals surface area contributed by atoms with Crippen molar-refractivity contribution < 1.29 is 14.6 Å².